The van der Waals surface area contributed by atoms with E-state index in [1.165, 1.54) is 6.20 Å². The van der Waals surface area contributed by atoms with Crippen LogP contribution in [0.3, 0.4) is 0 Å². The molecule has 0 aliphatic rings. The summed E-state index contributed by atoms with van der Waals surface area (Å²) < 4.78 is 0.602. The maximum absolute atomic E-state index is 10.9. The fourth-order valence-electron chi connectivity index (χ4n) is 0.639. The summed E-state index contributed by atoms with van der Waals surface area (Å²) in [5, 5.41) is 6.71. The minimum absolute atomic E-state index is 0.312. The summed E-state index contributed by atoms with van der Waals surface area (Å²) in [7, 11) is 0. The number of halogens is 1. The third-order valence-electron chi connectivity index (χ3n) is 1.14. The van der Waals surface area contributed by atoms with E-state index in [0.717, 1.165) is 6.21 Å². The molecule has 0 unspecified atom stereocenters. The van der Waals surface area contributed by atoms with Crippen molar-refractivity contribution in [3.05, 3.63) is 28.5 Å². The van der Waals surface area contributed by atoms with Crippen LogP contribution in [0.2, 0.25) is 0 Å². The third kappa shape index (κ3) is 1.94. The molecule has 1 aromatic heterocycles. The number of rotatable bonds is 2. The van der Waals surface area contributed by atoms with Crippen LogP contribution in [-0.4, -0.2) is 17.0 Å². The largest absolute Gasteiger partial charge is 0.305 e. The van der Waals surface area contributed by atoms with E-state index < -0.39 is 0 Å². The maximum atomic E-state index is 10.9. The van der Waals surface area contributed by atoms with Crippen LogP contribution in [0.4, 0.5) is 0 Å². The zero-order valence-corrected chi connectivity index (χ0v) is 7.13. The third-order valence-corrected chi connectivity index (χ3v) is 1.58. The number of carbonyl (C=O) groups is 1. The zero-order valence-electron chi connectivity index (χ0n) is 5.54. The van der Waals surface area contributed by atoms with Gasteiger partial charge < -0.3 is 5.41 Å². The second-order valence-electron chi connectivity index (χ2n) is 1.88. The van der Waals surface area contributed by atoms with Crippen molar-refractivity contribution in [2.24, 2.45) is 0 Å². The molecule has 0 atom stereocenters. The van der Waals surface area contributed by atoms with E-state index in [1.54, 1.807) is 12.1 Å². The summed E-state index contributed by atoms with van der Waals surface area (Å²) in [4.78, 5) is 14.7. The highest BCUT2D eigenvalue weighted by molar-refractivity contribution is 9.10. The highest BCUT2D eigenvalue weighted by atomic mass is 79.9. The highest BCUT2D eigenvalue weighted by Gasteiger charge is 2.01. The van der Waals surface area contributed by atoms with Crippen molar-refractivity contribution < 1.29 is 4.79 Å². The molecule has 0 saturated heterocycles. The lowest BCUT2D eigenvalue weighted by Crippen LogP contribution is -1.98. The van der Waals surface area contributed by atoms with Gasteiger partial charge in [-0.25, -0.2) is 4.98 Å². The molecule has 0 radical (unpaired) electrons. The number of ketones is 1. The summed E-state index contributed by atoms with van der Waals surface area (Å²) in [5.41, 5.74) is 0.474. The molecular weight excluding hydrogens is 208 g/mol. The predicted molar refractivity (Wildman–Crippen MR) is 45.1 cm³/mol. The first-order valence-electron chi connectivity index (χ1n) is 2.90. The Bertz CT molecular complexity index is 298. The molecule has 0 bridgehead atoms. The molecule has 0 fully saturated rings. The van der Waals surface area contributed by atoms with Crippen molar-refractivity contribution in [1.29, 1.82) is 5.41 Å². The molecule has 0 spiro atoms. The molecule has 0 aromatic carbocycles. The standard InChI is InChI=1S/C7H5BrN2O/c8-7-3-5(1-2-10-7)6(11)4-9/h1-4,9H. The maximum Gasteiger partial charge on any atom is 0.203 e. The summed E-state index contributed by atoms with van der Waals surface area (Å²) in [5.74, 6) is -0.312. The van der Waals surface area contributed by atoms with Crippen LogP contribution in [0.25, 0.3) is 0 Å². The minimum atomic E-state index is -0.312. The average Bonchev–Trinajstić information content (AvgIpc) is 2.03. The molecule has 3 nitrogen and oxygen atoms in total. The Labute approximate surface area is 72.1 Å². The normalized spacial score (nSPS) is 9.18. The summed E-state index contributed by atoms with van der Waals surface area (Å²) in [6.45, 7) is 0. The van der Waals surface area contributed by atoms with Gasteiger partial charge in [-0.3, -0.25) is 4.79 Å². The van der Waals surface area contributed by atoms with Gasteiger partial charge in [-0.15, -0.1) is 0 Å². The molecule has 0 aliphatic carbocycles. The van der Waals surface area contributed by atoms with Gasteiger partial charge in [0, 0.05) is 11.8 Å². The number of aromatic nitrogens is 1. The molecule has 1 aromatic rings. The van der Waals surface area contributed by atoms with Gasteiger partial charge in [0.1, 0.15) is 4.60 Å². The number of Topliss-reactive ketones (excluding diaryl/α,β-unsaturated/α-hetero) is 1. The van der Waals surface area contributed by atoms with Gasteiger partial charge in [0.25, 0.3) is 0 Å². The molecule has 0 aliphatic heterocycles. The van der Waals surface area contributed by atoms with Crippen molar-refractivity contribution in [2.75, 3.05) is 0 Å². The monoisotopic (exact) mass is 212 g/mol. The molecule has 0 amide bonds. The zero-order chi connectivity index (χ0) is 8.27. The van der Waals surface area contributed by atoms with Crippen molar-refractivity contribution in [3.63, 3.8) is 0 Å². The van der Waals surface area contributed by atoms with Crippen LogP contribution in [0, 0.1) is 5.41 Å². The van der Waals surface area contributed by atoms with E-state index in [9.17, 15) is 4.79 Å². The van der Waals surface area contributed by atoms with Gasteiger partial charge in [0.05, 0.1) is 6.21 Å². The summed E-state index contributed by atoms with van der Waals surface area (Å²) in [6, 6.07) is 3.14. The van der Waals surface area contributed by atoms with Crippen molar-refractivity contribution in [2.45, 2.75) is 0 Å². The Morgan fingerprint density at radius 3 is 3.00 bits per heavy atom. The number of hydrogen-bond acceptors (Lipinski definition) is 3. The van der Waals surface area contributed by atoms with E-state index >= 15 is 0 Å². The van der Waals surface area contributed by atoms with Crippen LogP contribution in [0.15, 0.2) is 22.9 Å². The van der Waals surface area contributed by atoms with E-state index in [1.807, 2.05) is 0 Å². The molecule has 0 saturated carbocycles. The minimum Gasteiger partial charge on any atom is -0.305 e. The Kier molecular flexibility index (Phi) is 2.48. The van der Waals surface area contributed by atoms with E-state index in [2.05, 4.69) is 20.9 Å². The quantitative estimate of drug-likeness (QED) is 0.461. The lowest BCUT2D eigenvalue weighted by Gasteiger charge is -1.93. The average molecular weight is 213 g/mol. The van der Waals surface area contributed by atoms with Crippen LogP contribution >= 0.6 is 15.9 Å². The topological polar surface area (TPSA) is 53.8 Å². The second kappa shape index (κ2) is 3.39. The van der Waals surface area contributed by atoms with Crippen molar-refractivity contribution >= 4 is 27.9 Å². The Hall–Kier alpha value is -1.03. The Morgan fingerprint density at radius 1 is 1.73 bits per heavy atom. The smallest absolute Gasteiger partial charge is 0.203 e. The number of pyridine rings is 1. The number of carbonyl (C=O) groups excluding carboxylic acids is 1. The first-order valence-corrected chi connectivity index (χ1v) is 3.69. The number of nitrogens with zero attached hydrogens (tertiary/aromatic N) is 1. The predicted octanol–water partition coefficient (Wildman–Crippen LogP) is 1.68. The van der Waals surface area contributed by atoms with Gasteiger partial charge in [0.2, 0.25) is 5.78 Å². The molecule has 1 N–H and O–H groups in total. The van der Waals surface area contributed by atoms with Gasteiger partial charge in [-0.1, -0.05) is 0 Å². The first-order chi connectivity index (χ1) is 5.24. The molecule has 11 heavy (non-hydrogen) atoms. The number of nitrogens with one attached hydrogen (secondary N) is 1. The molecular formula is C7H5BrN2O. The first kappa shape index (κ1) is 8.07. The van der Waals surface area contributed by atoms with Gasteiger partial charge in [-0.2, -0.15) is 0 Å². The summed E-state index contributed by atoms with van der Waals surface area (Å²) in [6.07, 6.45) is 2.29. The Morgan fingerprint density at radius 2 is 2.45 bits per heavy atom. The second-order valence-corrected chi connectivity index (χ2v) is 2.69. The molecule has 1 rings (SSSR count). The highest BCUT2D eigenvalue weighted by Crippen LogP contribution is 2.07. The van der Waals surface area contributed by atoms with Gasteiger partial charge in [0.15, 0.2) is 0 Å². The van der Waals surface area contributed by atoms with Gasteiger partial charge in [-0.05, 0) is 28.1 Å². The lowest BCUT2D eigenvalue weighted by atomic mass is 10.2. The fraction of sp³-hybridized carbons (Fsp3) is 0. The van der Waals surface area contributed by atoms with Crippen LogP contribution in [0.5, 0.6) is 0 Å². The van der Waals surface area contributed by atoms with E-state index in [-0.39, 0.29) is 5.78 Å². The summed E-state index contributed by atoms with van der Waals surface area (Å²) >= 11 is 3.12. The molecule has 1 heterocycles. The SMILES string of the molecule is N=CC(=O)c1ccnc(Br)c1. The van der Waals surface area contributed by atoms with Crippen molar-refractivity contribution in [3.8, 4) is 0 Å². The van der Waals surface area contributed by atoms with Gasteiger partial charge >= 0.3 is 0 Å². The van der Waals surface area contributed by atoms with Crippen molar-refractivity contribution in [1.82, 2.24) is 4.98 Å². The lowest BCUT2D eigenvalue weighted by molar-refractivity contribution is 0.107. The number of hydrogen-bond donors (Lipinski definition) is 1. The van der Waals surface area contributed by atoms with E-state index in [0.29, 0.717) is 10.2 Å². The van der Waals surface area contributed by atoms with Crippen LogP contribution < -0.4 is 0 Å². The molecule has 4 heteroatoms. The fourth-order valence-corrected chi connectivity index (χ4v) is 1.00. The van der Waals surface area contributed by atoms with E-state index in [4.69, 9.17) is 5.41 Å². The van der Waals surface area contributed by atoms with Crippen LogP contribution in [0.1, 0.15) is 10.4 Å². The Balaban J connectivity index is 3.05. The van der Waals surface area contributed by atoms with Crippen LogP contribution in [-0.2, 0) is 0 Å². The molecule has 56 valence electrons.